The topological polar surface area (TPSA) is 140 Å². The molecule has 1 fully saturated rings. The standard InChI is InChI=1S/C27H28ClNO7S2.C2HF3O2/c28-26-22(19-3-5-24-20(15-19)6-11-35-24)16-25(37-26)38(32,33)17-18-2-4-21(23(30)14-18)27(31)36-10-1-7-29-8-12-34-13-9-29;3-2(4,5)1(6)7/h2-5,14-16,30H,1,6-13,17H2;(H,6,7). The summed E-state index contributed by atoms with van der Waals surface area (Å²) < 4.78 is 74.8. The number of phenols is 1. The molecule has 2 aliphatic heterocycles. The minimum Gasteiger partial charge on any atom is -0.507 e. The van der Waals surface area contributed by atoms with Crippen LogP contribution >= 0.6 is 22.9 Å². The number of esters is 1. The van der Waals surface area contributed by atoms with E-state index in [9.17, 15) is 31.5 Å². The van der Waals surface area contributed by atoms with Crippen LogP contribution in [-0.2, 0) is 36.3 Å². The molecule has 3 heterocycles. The van der Waals surface area contributed by atoms with Crippen molar-refractivity contribution in [1.29, 1.82) is 0 Å². The average molecular weight is 692 g/mol. The first-order valence-electron chi connectivity index (χ1n) is 13.6. The molecular weight excluding hydrogens is 663 g/mol. The molecule has 45 heavy (non-hydrogen) atoms. The van der Waals surface area contributed by atoms with Crippen molar-refractivity contribution < 1.29 is 55.6 Å². The van der Waals surface area contributed by atoms with Gasteiger partial charge in [-0.3, -0.25) is 4.90 Å². The second kappa shape index (κ2) is 14.8. The second-order valence-electron chi connectivity index (χ2n) is 10.0. The van der Waals surface area contributed by atoms with E-state index in [1.54, 1.807) is 6.07 Å². The Morgan fingerprint density at radius 3 is 2.44 bits per heavy atom. The maximum Gasteiger partial charge on any atom is 0.490 e. The van der Waals surface area contributed by atoms with E-state index in [-0.39, 0.29) is 27.9 Å². The maximum absolute atomic E-state index is 13.2. The molecule has 244 valence electrons. The van der Waals surface area contributed by atoms with Crippen LogP contribution < -0.4 is 4.74 Å². The molecule has 0 bridgehead atoms. The molecule has 0 saturated carbocycles. The fourth-order valence-electron chi connectivity index (χ4n) is 4.54. The van der Waals surface area contributed by atoms with Crippen molar-refractivity contribution >= 4 is 44.7 Å². The van der Waals surface area contributed by atoms with Crippen molar-refractivity contribution in [3.63, 3.8) is 0 Å². The number of halogens is 4. The van der Waals surface area contributed by atoms with Crippen molar-refractivity contribution in [2.75, 3.05) is 46.1 Å². The highest BCUT2D eigenvalue weighted by atomic mass is 35.5. The van der Waals surface area contributed by atoms with Gasteiger partial charge in [-0.1, -0.05) is 23.7 Å². The Morgan fingerprint density at radius 1 is 1.07 bits per heavy atom. The summed E-state index contributed by atoms with van der Waals surface area (Å²) in [5.41, 5.74) is 2.91. The third-order valence-corrected chi connectivity index (χ3v) is 10.4. The van der Waals surface area contributed by atoms with Crippen LogP contribution in [0.15, 0.2) is 46.7 Å². The number of morpholine rings is 1. The summed E-state index contributed by atoms with van der Waals surface area (Å²) in [5.74, 6) is -3.22. The Bertz CT molecular complexity index is 1640. The maximum atomic E-state index is 13.2. The van der Waals surface area contributed by atoms with Gasteiger partial charge >= 0.3 is 18.1 Å². The largest absolute Gasteiger partial charge is 0.507 e. The highest BCUT2D eigenvalue weighted by Crippen LogP contribution is 2.41. The van der Waals surface area contributed by atoms with E-state index in [1.165, 1.54) is 18.2 Å². The first-order valence-corrected chi connectivity index (χ1v) is 16.5. The van der Waals surface area contributed by atoms with Crippen LogP contribution in [0.4, 0.5) is 13.2 Å². The molecule has 0 aliphatic carbocycles. The smallest absolute Gasteiger partial charge is 0.490 e. The summed E-state index contributed by atoms with van der Waals surface area (Å²) in [6.07, 6.45) is -3.61. The number of carbonyl (C=O) groups excluding carboxylic acids is 1. The van der Waals surface area contributed by atoms with Gasteiger partial charge in [0.2, 0.25) is 0 Å². The molecule has 0 spiro atoms. The van der Waals surface area contributed by atoms with E-state index in [1.807, 2.05) is 18.2 Å². The van der Waals surface area contributed by atoms with Crippen LogP contribution in [0.3, 0.4) is 0 Å². The molecule has 2 aromatic carbocycles. The lowest BCUT2D eigenvalue weighted by molar-refractivity contribution is -0.192. The predicted octanol–water partition coefficient (Wildman–Crippen LogP) is 5.20. The van der Waals surface area contributed by atoms with E-state index >= 15 is 0 Å². The number of nitrogens with zero attached hydrogens (tertiary/aromatic N) is 1. The number of carboxylic acids is 1. The molecular formula is C29H29ClF3NO9S2. The zero-order valence-electron chi connectivity index (χ0n) is 23.6. The quantitative estimate of drug-likeness (QED) is 0.228. The fraction of sp³-hybridized carbons (Fsp3) is 0.379. The molecule has 1 saturated heterocycles. The lowest BCUT2D eigenvalue weighted by atomic mass is 10.0. The van der Waals surface area contributed by atoms with Crippen LogP contribution in [0, 0.1) is 0 Å². The molecule has 0 unspecified atom stereocenters. The Hall–Kier alpha value is -3.37. The molecule has 2 aliphatic rings. The number of ether oxygens (including phenoxy) is 3. The van der Waals surface area contributed by atoms with Crippen molar-refractivity contribution in [3.8, 4) is 22.6 Å². The molecule has 0 atom stereocenters. The van der Waals surface area contributed by atoms with Crippen molar-refractivity contribution in [2.45, 2.75) is 29.0 Å². The van der Waals surface area contributed by atoms with Gasteiger partial charge in [0.1, 0.15) is 25.6 Å². The normalized spacial score (nSPS) is 15.0. The van der Waals surface area contributed by atoms with E-state index < -0.39 is 28.0 Å². The van der Waals surface area contributed by atoms with E-state index in [0.29, 0.717) is 41.7 Å². The summed E-state index contributed by atoms with van der Waals surface area (Å²) >= 11 is 7.44. The number of benzene rings is 2. The summed E-state index contributed by atoms with van der Waals surface area (Å²) in [6, 6.07) is 11.5. The minimum atomic E-state index is -5.08. The number of carboxylic acid groups (broad SMARTS) is 1. The van der Waals surface area contributed by atoms with Crippen molar-refractivity contribution in [1.82, 2.24) is 4.90 Å². The number of aromatic hydroxyl groups is 1. The van der Waals surface area contributed by atoms with E-state index in [0.717, 1.165) is 54.3 Å². The monoisotopic (exact) mass is 691 g/mol. The number of fused-ring (bicyclic) bond motifs is 1. The second-order valence-corrected chi connectivity index (χ2v) is 13.9. The molecule has 5 rings (SSSR count). The zero-order chi connectivity index (χ0) is 32.8. The van der Waals surface area contributed by atoms with Gasteiger partial charge in [-0.25, -0.2) is 18.0 Å². The van der Waals surface area contributed by atoms with Crippen LogP contribution in [0.1, 0.15) is 27.9 Å². The molecule has 10 nitrogen and oxygen atoms in total. The van der Waals surface area contributed by atoms with Crippen molar-refractivity contribution in [3.05, 3.63) is 63.5 Å². The average Bonchev–Trinajstić information content (AvgIpc) is 3.62. The SMILES string of the molecule is O=C(O)C(F)(F)F.O=C(OCCCN1CCOCC1)c1ccc(CS(=O)(=O)c2cc(-c3ccc4c(c3)CCO4)c(Cl)s2)cc1O. The number of aliphatic carboxylic acids is 1. The van der Waals surface area contributed by atoms with Crippen molar-refractivity contribution in [2.24, 2.45) is 0 Å². The zero-order valence-corrected chi connectivity index (χ0v) is 26.0. The van der Waals surface area contributed by atoms with E-state index in [4.69, 9.17) is 35.7 Å². The molecule has 2 N–H and O–H groups in total. The number of rotatable bonds is 9. The van der Waals surface area contributed by atoms with Gasteiger partial charge in [0.15, 0.2) is 9.84 Å². The number of alkyl halides is 3. The van der Waals surface area contributed by atoms with Crippen LogP contribution in [0.25, 0.3) is 11.1 Å². The van der Waals surface area contributed by atoms with Gasteiger partial charge in [-0.15, -0.1) is 11.3 Å². The molecule has 3 aromatic rings. The summed E-state index contributed by atoms with van der Waals surface area (Å²) in [6.45, 7) is 4.80. The number of hydrogen-bond donors (Lipinski definition) is 2. The lowest BCUT2D eigenvalue weighted by Crippen LogP contribution is -2.37. The summed E-state index contributed by atoms with van der Waals surface area (Å²) in [5, 5.41) is 17.5. The number of hydrogen-bond acceptors (Lipinski definition) is 10. The van der Waals surface area contributed by atoms with Gasteiger partial charge in [0.05, 0.1) is 32.2 Å². The van der Waals surface area contributed by atoms with Gasteiger partial charge < -0.3 is 24.4 Å². The van der Waals surface area contributed by atoms with Gasteiger partial charge in [-0.2, -0.15) is 13.2 Å². The lowest BCUT2D eigenvalue weighted by Gasteiger charge is -2.26. The Balaban J connectivity index is 0.000000591. The molecule has 0 amide bonds. The van der Waals surface area contributed by atoms with Crippen LogP contribution in [-0.4, -0.2) is 87.7 Å². The first kappa shape index (κ1) is 34.5. The first-order chi connectivity index (χ1) is 21.2. The van der Waals surface area contributed by atoms with Gasteiger partial charge in [0, 0.05) is 31.6 Å². The number of phenolic OH excluding ortho intramolecular Hbond substituents is 1. The summed E-state index contributed by atoms with van der Waals surface area (Å²) in [4.78, 5) is 23.6. The fourth-order valence-corrected chi connectivity index (χ4v) is 7.72. The minimum absolute atomic E-state index is 0.000404. The summed E-state index contributed by atoms with van der Waals surface area (Å²) in [7, 11) is -3.74. The molecule has 16 heteroatoms. The Morgan fingerprint density at radius 2 is 1.78 bits per heavy atom. The number of carbonyl (C=O) groups is 2. The predicted molar refractivity (Wildman–Crippen MR) is 159 cm³/mol. The third kappa shape index (κ3) is 9.33. The Kier molecular flexibility index (Phi) is 11.4. The van der Waals surface area contributed by atoms with Crippen LogP contribution in [0.2, 0.25) is 4.34 Å². The molecule has 1 aromatic heterocycles. The third-order valence-electron chi connectivity index (χ3n) is 6.81. The van der Waals surface area contributed by atoms with Crippen LogP contribution in [0.5, 0.6) is 11.5 Å². The van der Waals surface area contributed by atoms with E-state index in [2.05, 4.69) is 4.90 Å². The highest BCUT2D eigenvalue weighted by Gasteiger charge is 2.38. The van der Waals surface area contributed by atoms with Gasteiger partial charge in [0.25, 0.3) is 0 Å². The highest BCUT2D eigenvalue weighted by molar-refractivity contribution is 7.92. The number of sulfone groups is 1. The van der Waals surface area contributed by atoms with Gasteiger partial charge in [-0.05, 0) is 53.4 Å². The Labute approximate surface area is 265 Å². The molecule has 0 radical (unpaired) electrons. The number of thiophene rings is 1.